The predicted octanol–water partition coefficient (Wildman–Crippen LogP) is 6.41. The van der Waals surface area contributed by atoms with Crippen LogP contribution in [0.3, 0.4) is 0 Å². The number of nitrogens with one attached hydrogen (secondary N) is 1. The Balaban J connectivity index is 1.64. The van der Waals surface area contributed by atoms with Crippen LogP contribution in [0.5, 0.6) is 5.75 Å². The van der Waals surface area contributed by atoms with Crippen LogP contribution < -0.4 is 10.1 Å². The molecular formula is C23H16ClFN4OS2. The van der Waals surface area contributed by atoms with Gasteiger partial charge in [0, 0.05) is 21.0 Å². The summed E-state index contributed by atoms with van der Waals surface area (Å²) in [6.45, 7) is 0. The molecule has 0 saturated heterocycles. The van der Waals surface area contributed by atoms with E-state index in [1.54, 1.807) is 23.5 Å². The molecule has 0 unspecified atom stereocenters. The highest BCUT2D eigenvalue weighted by Crippen LogP contribution is 2.51. The standard InChI is InChI=1S/C23H16ClFN4OS2/c1-31-23-27-22-26-19-15-11-13(24)6-9-16(15)30-21(17-3-2-10-32-17)18(19)20(29(22)28-23)12-4-7-14(25)8-5-12/h2-11,20-21H,1H3,(H,26,27,28)/t20-,21-/m0/s1. The molecule has 4 aromatic rings. The first-order valence-corrected chi connectivity index (χ1v) is 12.4. The second-order valence-electron chi connectivity index (χ2n) is 7.43. The molecule has 1 N–H and O–H groups in total. The van der Waals surface area contributed by atoms with E-state index in [2.05, 4.69) is 16.4 Å². The summed E-state index contributed by atoms with van der Waals surface area (Å²) < 4.78 is 22.2. The van der Waals surface area contributed by atoms with Gasteiger partial charge in [0.25, 0.3) is 0 Å². The molecule has 160 valence electrons. The first kappa shape index (κ1) is 19.8. The molecule has 0 bridgehead atoms. The third kappa shape index (κ3) is 3.13. The molecule has 5 nitrogen and oxygen atoms in total. The van der Waals surface area contributed by atoms with Gasteiger partial charge < -0.3 is 10.1 Å². The van der Waals surface area contributed by atoms with Crippen LogP contribution in [0.1, 0.15) is 28.1 Å². The minimum absolute atomic E-state index is 0.285. The van der Waals surface area contributed by atoms with Gasteiger partial charge in [-0.2, -0.15) is 4.98 Å². The highest BCUT2D eigenvalue weighted by atomic mass is 35.5. The maximum absolute atomic E-state index is 13.8. The van der Waals surface area contributed by atoms with Crippen molar-refractivity contribution in [2.45, 2.75) is 17.3 Å². The Morgan fingerprint density at radius 1 is 1.19 bits per heavy atom. The molecule has 0 fully saturated rings. The molecule has 2 aliphatic heterocycles. The molecule has 32 heavy (non-hydrogen) atoms. The van der Waals surface area contributed by atoms with Crippen molar-refractivity contribution in [3.05, 3.63) is 92.4 Å². The lowest BCUT2D eigenvalue weighted by Crippen LogP contribution is -2.32. The highest BCUT2D eigenvalue weighted by molar-refractivity contribution is 7.98. The van der Waals surface area contributed by atoms with Gasteiger partial charge >= 0.3 is 0 Å². The third-order valence-corrected chi connectivity index (χ3v) is 7.27. The minimum Gasteiger partial charge on any atom is -0.480 e. The average molecular weight is 483 g/mol. The summed E-state index contributed by atoms with van der Waals surface area (Å²) in [4.78, 5) is 5.73. The van der Waals surface area contributed by atoms with Crippen LogP contribution in [0.2, 0.25) is 5.02 Å². The van der Waals surface area contributed by atoms with Crippen molar-refractivity contribution >= 4 is 46.3 Å². The number of rotatable bonds is 3. The predicted molar refractivity (Wildman–Crippen MR) is 126 cm³/mol. The maximum Gasteiger partial charge on any atom is 0.227 e. The smallest absolute Gasteiger partial charge is 0.227 e. The molecule has 0 saturated carbocycles. The minimum atomic E-state index is -0.337. The monoisotopic (exact) mass is 482 g/mol. The van der Waals surface area contributed by atoms with Gasteiger partial charge in [0.1, 0.15) is 17.6 Å². The molecule has 2 aromatic heterocycles. The van der Waals surface area contributed by atoms with Crippen LogP contribution in [0.4, 0.5) is 10.3 Å². The van der Waals surface area contributed by atoms with Gasteiger partial charge in [0.2, 0.25) is 11.1 Å². The van der Waals surface area contributed by atoms with E-state index in [4.69, 9.17) is 21.4 Å². The Morgan fingerprint density at radius 2 is 2.03 bits per heavy atom. The van der Waals surface area contributed by atoms with Crippen molar-refractivity contribution in [1.82, 2.24) is 14.8 Å². The Labute approximate surface area is 196 Å². The van der Waals surface area contributed by atoms with Crippen molar-refractivity contribution < 1.29 is 9.13 Å². The number of ether oxygens (including phenoxy) is 1. The summed E-state index contributed by atoms with van der Waals surface area (Å²) >= 11 is 9.46. The molecule has 4 heterocycles. The van der Waals surface area contributed by atoms with Crippen LogP contribution in [-0.4, -0.2) is 21.0 Å². The zero-order chi connectivity index (χ0) is 21.8. The lowest BCUT2D eigenvalue weighted by Gasteiger charge is -2.38. The number of hydrogen-bond donors (Lipinski definition) is 1. The van der Waals surface area contributed by atoms with Crippen LogP contribution in [-0.2, 0) is 0 Å². The van der Waals surface area contributed by atoms with E-state index in [0.717, 1.165) is 33.0 Å². The van der Waals surface area contributed by atoms with Gasteiger partial charge in [-0.3, -0.25) is 0 Å². The number of thioether (sulfide) groups is 1. The van der Waals surface area contributed by atoms with Gasteiger partial charge in [0.15, 0.2) is 6.10 Å². The molecule has 0 amide bonds. The SMILES string of the molecule is CSc1nc2n(n1)[C@@H](c1ccc(F)cc1)C1=C(N2)c2cc(Cl)ccc2O[C@H]1c1cccs1. The molecule has 6 rings (SSSR count). The van der Waals surface area contributed by atoms with Crippen LogP contribution in [0.25, 0.3) is 5.70 Å². The van der Waals surface area contributed by atoms with E-state index < -0.39 is 0 Å². The van der Waals surface area contributed by atoms with Crippen molar-refractivity contribution in [3.63, 3.8) is 0 Å². The van der Waals surface area contributed by atoms with E-state index in [-0.39, 0.29) is 18.0 Å². The van der Waals surface area contributed by atoms with E-state index in [1.165, 1.54) is 23.9 Å². The second kappa shape index (κ2) is 7.65. The van der Waals surface area contributed by atoms with Crippen LogP contribution in [0.15, 0.2) is 70.7 Å². The van der Waals surface area contributed by atoms with E-state index >= 15 is 0 Å². The fraction of sp³-hybridized carbons (Fsp3) is 0.130. The first-order chi connectivity index (χ1) is 15.6. The molecule has 0 spiro atoms. The molecule has 2 aliphatic rings. The summed E-state index contributed by atoms with van der Waals surface area (Å²) in [5, 5.41) is 11.5. The Morgan fingerprint density at radius 3 is 2.78 bits per heavy atom. The number of halogens is 2. The summed E-state index contributed by atoms with van der Waals surface area (Å²) in [6.07, 6.45) is 1.60. The van der Waals surface area contributed by atoms with Crippen molar-refractivity contribution in [2.24, 2.45) is 0 Å². The van der Waals surface area contributed by atoms with Crippen LogP contribution >= 0.6 is 34.7 Å². The lowest BCUT2D eigenvalue weighted by molar-refractivity contribution is 0.226. The summed E-state index contributed by atoms with van der Waals surface area (Å²) in [7, 11) is 0. The highest BCUT2D eigenvalue weighted by Gasteiger charge is 2.41. The number of hydrogen-bond acceptors (Lipinski definition) is 6. The van der Waals surface area contributed by atoms with Gasteiger partial charge in [-0.05, 0) is 53.6 Å². The van der Waals surface area contributed by atoms with Gasteiger partial charge in [0.05, 0.1) is 5.70 Å². The zero-order valence-electron chi connectivity index (χ0n) is 16.8. The Hall–Kier alpha value is -2.81. The topological polar surface area (TPSA) is 52.0 Å². The second-order valence-corrected chi connectivity index (χ2v) is 9.62. The lowest BCUT2D eigenvalue weighted by atomic mass is 9.86. The Kier molecular flexibility index (Phi) is 4.74. The summed E-state index contributed by atoms with van der Waals surface area (Å²) in [5.41, 5.74) is 3.65. The molecule has 2 aromatic carbocycles. The molecule has 0 radical (unpaired) electrons. The number of nitrogens with zero attached hydrogens (tertiary/aromatic N) is 3. The quantitative estimate of drug-likeness (QED) is 0.342. The zero-order valence-corrected chi connectivity index (χ0v) is 19.1. The van der Waals surface area contributed by atoms with Gasteiger partial charge in [-0.15, -0.1) is 16.4 Å². The first-order valence-electron chi connectivity index (χ1n) is 9.89. The largest absolute Gasteiger partial charge is 0.480 e. The van der Waals surface area contributed by atoms with Gasteiger partial charge in [-0.1, -0.05) is 41.6 Å². The van der Waals surface area contributed by atoms with E-state index in [0.29, 0.717) is 16.1 Å². The molecule has 0 aliphatic carbocycles. The van der Waals surface area contributed by atoms with Gasteiger partial charge in [-0.25, -0.2) is 9.07 Å². The normalized spacial score (nSPS) is 19.0. The van der Waals surface area contributed by atoms with Crippen molar-refractivity contribution in [3.8, 4) is 5.75 Å². The van der Waals surface area contributed by atoms with Crippen LogP contribution in [0, 0.1) is 5.82 Å². The average Bonchev–Trinajstić information content (AvgIpc) is 3.48. The number of thiophene rings is 1. The van der Waals surface area contributed by atoms with Crippen molar-refractivity contribution in [1.29, 1.82) is 0 Å². The summed E-state index contributed by atoms with van der Waals surface area (Å²) in [5.74, 6) is 1.09. The summed E-state index contributed by atoms with van der Waals surface area (Å²) in [6, 6.07) is 15.9. The molecule has 9 heteroatoms. The molecular weight excluding hydrogens is 467 g/mol. The van der Waals surface area contributed by atoms with E-state index in [1.807, 2.05) is 40.6 Å². The number of fused-ring (bicyclic) bond motifs is 3. The third-order valence-electron chi connectivity index (χ3n) is 5.58. The number of aromatic nitrogens is 3. The molecule has 2 atom stereocenters. The Bertz CT molecular complexity index is 1350. The van der Waals surface area contributed by atoms with Crippen molar-refractivity contribution in [2.75, 3.05) is 11.6 Å². The number of anilines is 1. The fourth-order valence-corrected chi connectivity index (χ4v) is 5.50. The fourth-order valence-electron chi connectivity index (χ4n) is 4.21. The maximum atomic E-state index is 13.8. The number of benzene rings is 2. The van der Waals surface area contributed by atoms with E-state index in [9.17, 15) is 4.39 Å².